The minimum atomic E-state index is -0.286. The van der Waals surface area contributed by atoms with Gasteiger partial charge in [-0.1, -0.05) is 60.7 Å². The van der Waals surface area contributed by atoms with E-state index in [1.807, 2.05) is 36.4 Å². The Hall–Kier alpha value is -2.25. The molecule has 1 N–H and O–H groups in total. The van der Waals surface area contributed by atoms with Gasteiger partial charge in [-0.05, 0) is 17.5 Å². The molecule has 1 fully saturated rings. The molecule has 30 heavy (non-hydrogen) atoms. The Balaban J connectivity index is 1.54. The molecule has 0 bridgehead atoms. The first-order chi connectivity index (χ1) is 14.7. The van der Waals surface area contributed by atoms with Gasteiger partial charge in [0, 0.05) is 19.9 Å². The van der Waals surface area contributed by atoms with Gasteiger partial charge in [-0.25, -0.2) is 0 Å². The minimum absolute atomic E-state index is 0.00745. The van der Waals surface area contributed by atoms with Gasteiger partial charge in [0.15, 0.2) is 6.29 Å². The smallest absolute Gasteiger partial charge is 0.302 e. The number of benzene rings is 2. The van der Waals surface area contributed by atoms with E-state index in [9.17, 15) is 4.79 Å². The number of hydrogen-bond acceptors (Lipinski definition) is 6. The first kappa shape index (κ1) is 22.4. The van der Waals surface area contributed by atoms with Crippen LogP contribution in [0.3, 0.4) is 0 Å². The van der Waals surface area contributed by atoms with Crippen molar-refractivity contribution < 1.29 is 23.7 Å². The van der Waals surface area contributed by atoms with Crippen LogP contribution < -0.4 is 5.32 Å². The Bertz CT molecular complexity index is 734. The van der Waals surface area contributed by atoms with Crippen LogP contribution in [0.1, 0.15) is 36.9 Å². The normalized spacial score (nSPS) is 16.3. The van der Waals surface area contributed by atoms with Crippen molar-refractivity contribution in [3.8, 4) is 0 Å². The summed E-state index contributed by atoms with van der Waals surface area (Å²) in [5, 5.41) is 3.52. The van der Waals surface area contributed by atoms with Gasteiger partial charge in [0.1, 0.15) is 6.10 Å². The average Bonchev–Trinajstić information content (AvgIpc) is 3.29. The maximum Gasteiger partial charge on any atom is 0.302 e. The third kappa shape index (κ3) is 7.88. The number of ether oxygens (including phenoxy) is 4. The van der Waals surface area contributed by atoms with Gasteiger partial charge < -0.3 is 24.3 Å². The van der Waals surface area contributed by atoms with Gasteiger partial charge in [0.2, 0.25) is 0 Å². The Morgan fingerprint density at radius 1 is 1.07 bits per heavy atom. The summed E-state index contributed by atoms with van der Waals surface area (Å²) < 4.78 is 22.5. The molecule has 1 saturated heterocycles. The van der Waals surface area contributed by atoms with Crippen LogP contribution in [-0.4, -0.2) is 44.7 Å². The maximum atomic E-state index is 11.6. The van der Waals surface area contributed by atoms with Crippen molar-refractivity contribution in [3.05, 3.63) is 71.8 Å². The van der Waals surface area contributed by atoms with E-state index in [-0.39, 0.29) is 24.4 Å². The zero-order valence-electron chi connectivity index (χ0n) is 17.5. The summed E-state index contributed by atoms with van der Waals surface area (Å²) in [5.74, 6) is -0.286. The van der Waals surface area contributed by atoms with Crippen LogP contribution in [0.25, 0.3) is 0 Å². The summed E-state index contributed by atoms with van der Waals surface area (Å²) in [4.78, 5) is 11.6. The van der Waals surface area contributed by atoms with Crippen molar-refractivity contribution in [2.24, 2.45) is 0 Å². The highest BCUT2D eigenvalue weighted by Gasteiger charge is 2.21. The Morgan fingerprint density at radius 2 is 1.73 bits per heavy atom. The maximum absolute atomic E-state index is 11.6. The van der Waals surface area contributed by atoms with Crippen LogP contribution in [0.5, 0.6) is 0 Å². The summed E-state index contributed by atoms with van der Waals surface area (Å²) in [6.07, 6.45) is 0.904. The molecule has 162 valence electrons. The molecule has 0 unspecified atom stereocenters. The quantitative estimate of drug-likeness (QED) is 0.536. The van der Waals surface area contributed by atoms with E-state index in [2.05, 4.69) is 29.6 Å². The lowest BCUT2D eigenvalue weighted by atomic mass is 10.1. The predicted octanol–water partition coefficient (Wildman–Crippen LogP) is 3.62. The monoisotopic (exact) mass is 413 g/mol. The molecule has 1 aliphatic rings. The van der Waals surface area contributed by atoms with Crippen LogP contribution in [-0.2, 0) is 30.3 Å². The third-order valence-electron chi connectivity index (χ3n) is 4.94. The second-order valence-electron chi connectivity index (χ2n) is 7.35. The Kier molecular flexibility index (Phi) is 9.31. The van der Waals surface area contributed by atoms with Crippen LogP contribution in [0.4, 0.5) is 0 Å². The highest BCUT2D eigenvalue weighted by molar-refractivity contribution is 5.66. The van der Waals surface area contributed by atoms with Gasteiger partial charge in [-0.15, -0.1) is 0 Å². The molecule has 0 spiro atoms. The summed E-state index contributed by atoms with van der Waals surface area (Å²) in [7, 11) is 0. The van der Waals surface area contributed by atoms with Gasteiger partial charge in [0.25, 0.3) is 0 Å². The molecule has 0 aliphatic carbocycles. The van der Waals surface area contributed by atoms with E-state index in [0.29, 0.717) is 45.8 Å². The number of carbonyl (C=O) groups excluding carboxylic acids is 1. The van der Waals surface area contributed by atoms with Gasteiger partial charge in [0.05, 0.1) is 32.5 Å². The first-order valence-corrected chi connectivity index (χ1v) is 10.5. The van der Waals surface area contributed by atoms with Crippen molar-refractivity contribution in [2.75, 3.05) is 26.4 Å². The first-order valence-electron chi connectivity index (χ1n) is 10.5. The average molecular weight is 414 g/mol. The minimum Gasteiger partial charge on any atom is -0.461 e. The fourth-order valence-corrected chi connectivity index (χ4v) is 3.43. The number of esters is 1. The fourth-order valence-electron chi connectivity index (χ4n) is 3.43. The Labute approximate surface area is 178 Å². The molecule has 1 aliphatic heterocycles. The standard InChI is InChI=1S/C24H31NO5/c1-19(26)30-22(12-13-24-28-14-15-29-24)16-25-23(21-10-6-3-7-11-21)18-27-17-20-8-4-2-5-9-20/h2-11,22-25H,12-18H2,1H3/t22-,23-/m0/s1. The van der Waals surface area contributed by atoms with Gasteiger partial charge in [-0.2, -0.15) is 0 Å². The molecular formula is C24H31NO5. The summed E-state index contributed by atoms with van der Waals surface area (Å²) in [5.41, 5.74) is 2.27. The molecule has 6 heteroatoms. The van der Waals surface area contributed by atoms with Crippen molar-refractivity contribution in [1.29, 1.82) is 0 Å². The molecule has 2 aromatic carbocycles. The lowest BCUT2D eigenvalue weighted by Gasteiger charge is -2.24. The fraction of sp³-hybridized carbons (Fsp3) is 0.458. The second-order valence-corrected chi connectivity index (χ2v) is 7.35. The second kappa shape index (κ2) is 12.4. The third-order valence-corrected chi connectivity index (χ3v) is 4.94. The van der Waals surface area contributed by atoms with Gasteiger partial charge >= 0.3 is 5.97 Å². The number of hydrogen-bond donors (Lipinski definition) is 1. The topological polar surface area (TPSA) is 66.0 Å². The highest BCUT2D eigenvalue weighted by Crippen LogP contribution is 2.17. The highest BCUT2D eigenvalue weighted by atomic mass is 16.7. The molecule has 2 aromatic rings. The largest absolute Gasteiger partial charge is 0.461 e. The Morgan fingerprint density at radius 3 is 2.40 bits per heavy atom. The van der Waals surface area contributed by atoms with E-state index in [4.69, 9.17) is 18.9 Å². The summed E-state index contributed by atoms with van der Waals surface area (Å²) >= 11 is 0. The molecule has 1 heterocycles. The van der Waals surface area contributed by atoms with E-state index < -0.39 is 0 Å². The molecule has 2 atom stereocenters. The van der Waals surface area contributed by atoms with E-state index in [1.165, 1.54) is 6.92 Å². The molecule has 0 saturated carbocycles. The number of carbonyl (C=O) groups is 1. The molecule has 0 aromatic heterocycles. The molecular weight excluding hydrogens is 382 g/mol. The van der Waals surface area contributed by atoms with E-state index in [0.717, 1.165) is 11.1 Å². The summed E-state index contributed by atoms with van der Waals surface area (Å²) in [6.45, 7) is 4.27. The zero-order valence-corrected chi connectivity index (χ0v) is 17.5. The van der Waals surface area contributed by atoms with E-state index in [1.54, 1.807) is 0 Å². The van der Waals surface area contributed by atoms with Crippen molar-refractivity contribution >= 4 is 5.97 Å². The predicted molar refractivity (Wildman–Crippen MR) is 114 cm³/mol. The van der Waals surface area contributed by atoms with Crippen LogP contribution in [0, 0.1) is 0 Å². The van der Waals surface area contributed by atoms with Gasteiger partial charge in [-0.3, -0.25) is 4.79 Å². The van der Waals surface area contributed by atoms with Crippen LogP contribution in [0.2, 0.25) is 0 Å². The lowest BCUT2D eigenvalue weighted by molar-refractivity contribution is -0.147. The van der Waals surface area contributed by atoms with Crippen molar-refractivity contribution in [3.63, 3.8) is 0 Å². The van der Waals surface area contributed by atoms with Crippen LogP contribution >= 0.6 is 0 Å². The molecule has 6 nitrogen and oxygen atoms in total. The number of rotatable bonds is 12. The summed E-state index contributed by atoms with van der Waals surface area (Å²) in [6, 6.07) is 20.3. The number of nitrogens with one attached hydrogen (secondary N) is 1. The van der Waals surface area contributed by atoms with Crippen molar-refractivity contribution in [1.82, 2.24) is 5.32 Å². The van der Waals surface area contributed by atoms with Crippen molar-refractivity contribution in [2.45, 2.75) is 44.8 Å². The van der Waals surface area contributed by atoms with Crippen LogP contribution in [0.15, 0.2) is 60.7 Å². The van der Waals surface area contributed by atoms with E-state index >= 15 is 0 Å². The molecule has 3 rings (SSSR count). The lowest BCUT2D eigenvalue weighted by Crippen LogP contribution is -2.35. The zero-order chi connectivity index (χ0) is 21.0. The SMILES string of the molecule is CC(=O)O[C@@H](CCC1OCCO1)CN[C@@H](COCc1ccccc1)c1ccccc1. The molecule has 0 amide bonds. The molecule has 0 radical (unpaired) electrons.